The highest BCUT2D eigenvalue weighted by molar-refractivity contribution is 5.95. The first-order valence-electron chi connectivity index (χ1n) is 8.84. The Hall–Kier alpha value is -1.91. The fraction of sp³-hybridized carbons (Fsp3) is 0.632. The molecular weight excluding hydrogens is 302 g/mol. The van der Waals surface area contributed by atoms with Gasteiger partial charge in [-0.05, 0) is 36.8 Å². The molecule has 0 bridgehead atoms. The number of aromatic nitrogens is 1. The summed E-state index contributed by atoms with van der Waals surface area (Å²) in [7, 11) is 1.84. The maximum Gasteiger partial charge on any atom is 0.255 e. The molecule has 1 saturated heterocycles. The van der Waals surface area contributed by atoms with Crippen molar-refractivity contribution in [3.8, 4) is 0 Å². The predicted octanol–water partition coefficient (Wildman–Crippen LogP) is 2.71. The first-order valence-corrected chi connectivity index (χ1v) is 8.84. The average Bonchev–Trinajstić information content (AvgIpc) is 3.02. The lowest BCUT2D eigenvalue weighted by Gasteiger charge is -2.23. The Morgan fingerprint density at radius 2 is 2.08 bits per heavy atom. The Labute approximate surface area is 145 Å². The van der Waals surface area contributed by atoms with Gasteiger partial charge in [-0.25, -0.2) is 0 Å². The van der Waals surface area contributed by atoms with Crippen molar-refractivity contribution in [1.29, 1.82) is 0 Å². The van der Waals surface area contributed by atoms with Crippen LogP contribution in [0, 0.1) is 5.92 Å². The van der Waals surface area contributed by atoms with Crippen molar-refractivity contribution in [2.45, 2.75) is 46.5 Å². The molecule has 1 aromatic heterocycles. The van der Waals surface area contributed by atoms with Crippen LogP contribution in [0.2, 0.25) is 0 Å². The topological polar surface area (TPSA) is 53.5 Å². The van der Waals surface area contributed by atoms with E-state index in [1.807, 2.05) is 31.0 Å². The summed E-state index contributed by atoms with van der Waals surface area (Å²) in [6.07, 6.45) is 1.71. The van der Waals surface area contributed by atoms with Gasteiger partial charge in [-0.3, -0.25) is 14.6 Å². The van der Waals surface area contributed by atoms with E-state index in [2.05, 4.69) is 18.8 Å². The third-order valence-electron chi connectivity index (χ3n) is 4.76. The Morgan fingerprint density at radius 3 is 2.62 bits per heavy atom. The maximum absolute atomic E-state index is 12.8. The van der Waals surface area contributed by atoms with Gasteiger partial charge in [-0.15, -0.1) is 0 Å². The quantitative estimate of drug-likeness (QED) is 0.833. The normalized spacial score (nSPS) is 17.4. The fourth-order valence-corrected chi connectivity index (χ4v) is 3.25. The van der Waals surface area contributed by atoms with E-state index in [-0.39, 0.29) is 11.8 Å². The second-order valence-electron chi connectivity index (χ2n) is 7.04. The summed E-state index contributed by atoms with van der Waals surface area (Å²) >= 11 is 0. The van der Waals surface area contributed by atoms with Crippen molar-refractivity contribution >= 4 is 11.8 Å². The molecule has 1 aromatic rings. The summed E-state index contributed by atoms with van der Waals surface area (Å²) in [6, 6.07) is 3.87. The average molecular weight is 331 g/mol. The highest BCUT2D eigenvalue weighted by Gasteiger charge is 2.27. The molecule has 2 amide bonds. The lowest BCUT2D eigenvalue weighted by atomic mass is 10.0. The largest absolute Gasteiger partial charge is 0.343 e. The van der Waals surface area contributed by atoms with Gasteiger partial charge in [0.25, 0.3) is 5.91 Å². The summed E-state index contributed by atoms with van der Waals surface area (Å²) in [4.78, 5) is 32.6. The van der Waals surface area contributed by atoms with Crippen molar-refractivity contribution in [3.63, 3.8) is 0 Å². The molecule has 0 aliphatic carbocycles. The molecule has 1 unspecified atom stereocenters. The van der Waals surface area contributed by atoms with Gasteiger partial charge in [0, 0.05) is 39.3 Å². The van der Waals surface area contributed by atoms with Crippen LogP contribution in [0.3, 0.4) is 0 Å². The van der Waals surface area contributed by atoms with Gasteiger partial charge in [0.05, 0.1) is 11.3 Å². The molecule has 0 radical (unpaired) electrons. The van der Waals surface area contributed by atoms with Crippen LogP contribution in [0.15, 0.2) is 12.1 Å². The fourth-order valence-electron chi connectivity index (χ4n) is 3.25. The number of rotatable bonds is 5. The third kappa shape index (κ3) is 4.13. The first-order chi connectivity index (χ1) is 11.3. The molecule has 5 nitrogen and oxygen atoms in total. The molecule has 1 aliphatic heterocycles. The van der Waals surface area contributed by atoms with Crippen LogP contribution < -0.4 is 0 Å². The highest BCUT2D eigenvalue weighted by Crippen LogP contribution is 2.20. The summed E-state index contributed by atoms with van der Waals surface area (Å²) in [5, 5.41) is 0. The van der Waals surface area contributed by atoms with E-state index >= 15 is 0 Å². The van der Waals surface area contributed by atoms with Crippen molar-refractivity contribution in [2.75, 3.05) is 26.7 Å². The standard InChI is InChI=1S/C19H29N3O2/c1-6-17-16(7-8-18(20-17)13(2)3)19(24)21(5)11-15-9-10-22(12-15)14(4)23/h7-8,13,15H,6,9-12H2,1-5H3. The van der Waals surface area contributed by atoms with E-state index in [9.17, 15) is 9.59 Å². The van der Waals surface area contributed by atoms with E-state index in [0.29, 0.717) is 23.9 Å². The maximum atomic E-state index is 12.8. The van der Waals surface area contributed by atoms with Crippen LogP contribution >= 0.6 is 0 Å². The van der Waals surface area contributed by atoms with Gasteiger partial charge in [0.15, 0.2) is 0 Å². The Balaban J connectivity index is 2.07. The van der Waals surface area contributed by atoms with Gasteiger partial charge in [0.1, 0.15) is 0 Å². The molecular formula is C19H29N3O2. The molecule has 0 saturated carbocycles. The Kier molecular flexibility index (Phi) is 5.97. The van der Waals surface area contributed by atoms with Crippen LogP contribution in [0.25, 0.3) is 0 Å². The van der Waals surface area contributed by atoms with E-state index in [1.165, 1.54) is 0 Å². The molecule has 24 heavy (non-hydrogen) atoms. The van der Waals surface area contributed by atoms with Gasteiger partial charge in [0.2, 0.25) is 5.91 Å². The second kappa shape index (κ2) is 7.77. The monoisotopic (exact) mass is 331 g/mol. The first kappa shape index (κ1) is 18.4. The minimum atomic E-state index is 0.0240. The number of likely N-dealkylation sites (tertiary alicyclic amines) is 1. The van der Waals surface area contributed by atoms with E-state index in [4.69, 9.17) is 0 Å². The summed E-state index contributed by atoms with van der Waals surface area (Å²) in [6.45, 7) is 10.1. The van der Waals surface area contributed by atoms with Crippen LogP contribution in [-0.2, 0) is 11.2 Å². The van der Waals surface area contributed by atoms with Gasteiger partial charge in [-0.1, -0.05) is 20.8 Å². The SMILES string of the molecule is CCc1nc(C(C)C)ccc1C(=O)N(C)CC1CCN(C(C)=O)C1. The molecule has 1 atom stereocenters. The van der Waals surface area contributed by atoms with E-state index in [1.54, 1.807) is 11.8 Å². The van der Waals surface area contributed by atoms with E-state index in [0.717, 1.165) is 37.3 Å². The molecule has 132 valence electrons. The van der Waals surface area contributed by atoms with Gasteiger partial charge < -0.3 is 9.80 Å². The molecule has 2 heterocycles. The number of pyridine rings is 1. The number of nitrogens with zero attached hydrogens (tertiary/aromatic N) is 3. The molecule has 5 heteroatoms. The third-order valence-corrected chi connectivity index (χ3v) is 4.76. The minimum Gasteiger partial charge on any atom is -0.343 e. The van der Waals surface area contributed by atoms with Crippen LogP contribution in [0.4, 0.5) is 0 Å². The minimum absolute atomic E-state index is 0.0240. The number of carbonyl (C=O) groups is 2. The molecule has 0 N–H and O–H groups in total. The number of amides is 2. The number of hydrogen-bond acceptors (Lipinski definition) is 3. The molecule has 0 spiro atoms. The lowest BCUT2D eigenvalue weighted by molar-refractivity contribution is -0.127. The number of aryl methyl sites for hydroxylation is 1. The lowest BCUT2D eigenvalue weighted by Crippen LogP contribution is -2.34. The summed E-state index contributed by atoms with van der Waals surface area (Å²) in [5.74, 6) is 0.855. The number of carbonyl (C=O) groups excluding carboxylic acids is 2. The zero-order chi connectivity index (χ0) is 17.9. The predicted molar refractivity (Wildman–Crippen MR) is 95.0 cm³/mol. The van der Waals surface area contributed by atoms with E-state index < -0.39 is 0 Å². The van der Waals surface area contributed by atoms with Crippen molar-refractivity contribution in [3.05, 3.63) is 29.1 Å². The van der Waals surface area contributed by atoms with Crippen molar-refractivity contribution in [1.82, 2.24) is 14.8 Å². The number of hydrogen-bond donors (Lipinski definition) is 0. The summed E-state index contributed by atoms with van der Waals surface area (Å²) < 4.78 is 0. The van der Waals surface area contributed by atoms with Gasteiger partial charge in [-0.2, -0.15) is 0 Å². The van der Waals surface area contributed by atoms with Crippen LogP contribution in [-0.4, -0.2) is 53.3 Å². The Bertz CT molecular complexity index is 613. The molecule has 1 aliphatic rings. The zero-order valence-electron chi connectivity index (χ0n) is 15.5. The van der Waals surface area contributed by atoms with Crippen molar-refractivity contribution < 1.29 is 9.59 Å². The summed E-state index contributed by atoms with van der Waals surface area (Å²) in [5.41, 5.74) is 2.60. The van der Waals surface area contributed by atoms with Crippen LogP contribution in [0.5, 0.6) is 0 Å². The zero-order valence-corrected chi connectivity index (χ0v) is 15.5. The van der Waals surface area contributed by atoms with Gasteiger partial charge >= 0.3 is 0 Å². The highest BCUT2D eigenvalue weighted by atomic mass is 16.2. The van der Waals surface area contributed by atoms with Crippen molar-refractivity contribution in [2.24, 2.45) is 5.92 Å². The molecule has 0 aromatic carbocycles. The molecule has 2 rings (SSSR count). The van der Waals surface area contributed by atoms with Crippen LogP contribution in [0.1, 0.15) is 61.8 Å². The Morgan fingerprint density at radius 1 is 1.38 bits per heavy atom. The smallest absolute Gasteiger partial charge is 0.255 e. The molecule has 1 fully saturated rings. The second-order valence-corrected chi connectivity index (χ2v) is 7.04.